The van der Waals surface area contributed by atoms with Gasteiger partial charge in [0.1, 0.15) is 16.9 Å². The van der Waals surface area contributed by atoms with Gasteiger partial charge in [0.25, 0.3) is 5.92 Å². The summed E-state index contributed by atoms with van der Waals surface area (Å²) in [4.78, 5) is 3.93. The molecule has 186 valence electrons. The third kappa shape index (κ3) is 3.88. The number of pyridine rings is 1. The minimum Gasteiger partial charge on any atom is -0.255 e. The van der Waals surface area contributed by atoms with Crippen LogP contribution in [0.5, 0.6) is 0 Å². The van der Waals surface area contributed by atoms with E-state index in [0.29, 0.717) is 11.3 Å². The second-order valence-corrected chi connectivity index (χ2v) is 9.40. The van der Waals surface area contributed by atoms with Crippen molar-refractivity contribution in [3.05, 3.63) is 156 Å². The van der Waals surface area contributed by atoms with Crippen LogP contribution >= 0.6 is 0 Å². The lowest BCUT2D eigenvalue weighted by molar-refractivity contribution is 0.0128. The Balaban J connectivity index is 1.74. The van der Waals surface area contributed by atoms with Crippen molar-refractivity contribution in [1.82, 2.24) is 14.8 Å². The lowest BCUT2D eigenvalue weighted by Crippen LogP contribution is -2.38. The zero-order valence-electron chi connectivity index (χ0n) is 20.8. The Morgan fingerprint density at radius 2 is 1.13 bits per heavy atom. The minimum atomic E-state index is -3.06. The number of benzene rings is 4. The molecule has 4 aromatic carbocycles. The van der Waals surface area contributed by atoms with Crippen LogP contribution in [0.15, 0.2) is 134 Å². The zero-order valence-corrected chi connectivity index (χ0v) is 20.8. The van der Waals surface area contributed by atoms with Crippen LogP contribution in [-0.2, 0) is 11.5 Å². The first kappa shape index (κ1) is 23.7. The molecule has 0 bridgehead atoms. The van der Waals surface area contributed by atoms with E-state index in [4.69, 9.17) is 5.10 Å². The van der Waals surface area contributed by atoms with Gasteiger partial charge in [-0.25, -0.2) is 4.68 Å². The van der Waals surface area contributed by atoms with E-state index in [1.165, 1.54) is 12.3 Å². The van der Waals surface area contributed by atoms with E-state index in [1.807, 2.05) is 83.5 Å². The van der Waals surface area contributed by atoms with E-state index in [2.05, 4.69) is 41.4 Å². The van der Waals surface area contributed by atoms with Crippen molar-refractivity contribution in [2.45, 2.75) is 18.4 Å². The maximum absolute atomic E-state index is 14.2. The summed E-state index contributed by atoms with van der Waals surface area (Å²) in [5.41, 5.74) is 4.10. The van der Waals surface area contributed by atoms with Crippen molar-refractivity contribution < 1.29 is 8.78 Å². The smallest absolute Gasteiger partial charge is 0.255 e. The molecule has 0 saturated carbocycles. The topological polar surface area (TPSA) is 30.7 Å². The van der Waals surface area contributed by atoms with Crippen LogP contribution in [0, 0.1) is 0 Å². The summed E-state index contributed by atoms with van der Waals surface area (Å²) >= 11 is 0. The third-order valence-corrected chi connectivity index (χ3v) is 6.96. The quantitative estimate of drug-likeness (QED) is 0.216. The van der Waals surface area contributed by atoms with Gasteiger partial charge in [0.15, 0.2) is 0 Å². The van der Waals surface area contributed by atoms with E-state index in [-0.39, 0.29) is 5.69 Å². The molecule has 0 atom stereocenters. The molecule has 5 heteroatoms. The van der Waals surface area contributed by atoms with Crippen LogP contribution in [0.2, 0.25) is 0 Å². The lowest BCUT2D eigenvalue weighted by atomic mass is 9.77. The average molecular weight is 502 g/mol. The van der Waals surface area contributed by atoms with Gasteiger partial charge in [-0.05, 0) is 34.9 Å². The Labute approximate surface area is 220 Å². The van der Waals surface area contributed by atoms with Crippen LogP contribution in [0.25, 0.3) is 22.2 Å². The predicted octanol–water partition coefficient (Wildman–Crippen LogP) is 8.05. The van der Waals surface area contributed by atoms with Gasteiger partial charge in [-0.15, -0.1) is 0 Å². The van der Waals surface area contributed by atoms with Gasteiger partial charge >= 0.3 is 0 Å². The van der Waals surface area contributed by atoms with Gasteiger partial charge in [0, 0.05) is 24.1 Å². The molecule has 0 fully saturated rings. The number of aromatic nitrogens is 3. The SMILES string of the molecule is CC(F)(F)c1cc(-c2nn(C(c3ccccc3)(c3ccccc3)c3ccccc3)c3ccccc23)ccn1. The number of para-hydroxylation sites is 1. The fraction of sp³-hybridized carbons (Fsp3) is 0.0909. The molecule has 6 rings (SSSR count). The first-order chi connectivity index (χ1) is 18.5. The van der Waals surface area contributed by atoms with Gasteiger partial charge in [0.05, 0.1) is 5.52 Å². The van der Waals surface area contributed by atoms with E-state index in [9.17, 15) is 8.78 Å². The molecule has 2 heterocycles. The van der Waals surface area contributed by atoms with Crippen molar-refractivity contribution >= 4 is 10.9 Å². The Morgan fingerprint density at radius 3 is 1.66 bits per heavy atom. The van der Waals surface area contributed by atoms with E-state index < -0.39 is 11.5 Å². The highest BCUT2D eigenvalue weighted by atomic mass is 19.3. The van der Waals surface area contributed by atoms with E-state index in [1.54, 1.807) is 6.07 Å². The molecule has 3 nitrogen and oxygen atoms in total. The molecule has 0 spiro atoms. The molecule has 0 saturated heterocycles. The van der Waals surface area contributed by atoms with Gasteiger partial charge < -0.3 is 0 Å². The summed E-state index contributed by atoms with van der Waals surface area (Å²) in [6.07, 6.45) is 1.43. The normalized spacial score (nSPS) is 12.1. The molecule has 0 amide bonds. The molecule has 0 N–H and O–H groups in total. The number of nitrogens with zero attached hydrogens (tertiary/aromatic N) is 3. The van der Waals surface area contributed by atoms with Gasteiger partial charge in [-0.2, -0.15) is 13.9 Å². The maximum Gasteiger partial charge on any atom is 0.286 e. The van der Waals surface area contributed by atoms with Crippen molar-refractivity contribution in [1.29, 1.82) is 0 Å². The number of hydrogen-bond donors (Lipinski definition) is 0. The van der Waals surface area contributed by atoms with Gasteiger partial charge in [0.2, 0.25) is 0 Å². The average Bonchev–Trinajstić information content (AvgIpc) is 3.35. The van der Waals surface area contributed by atoms with Gasteiger partial charge in [-0.3, -0.25) is 4.98 Å². The summed E-state index contributed by atoms with van der Waals surface area (Å²) in [6.45, 7) is 0.862. The van der Waals surface area contributed by atoms with Crippen LogP contribution in [-0.4, -0.2) is 14.8 Å². The summed E-state index contributed by atoms with van der Waals surface area (Å²) in [5, 5.41) is 6.10. The summed E-state index contributed by atoms with van der Waals surface area (Å²) in [7, 11) is 0. The summed E-state index contributed by atoms with van der Waals surface area (Å²) < 4.78 is 30.5. The minimum absolute atomic E-state index is 0.283. The van der Waals surface area contributed by atoms with Crippen LogP contribution in [0.4, 0.5) is 8.78 Å². The lowest BCUT2D eigenvalue weighted by Gasteiger charge is -2.37. The monoisotopic (exact) mass is 501 g/mol. The fourth-order valence-electron chi connectivity index (χ4n) is 5.26. The fourth-order valence-corrected chi connectivity index (χ4v) is 5.26. The number of alkyl halides is 2. The number of hydrogen-bond acceptors (Lipinski definition) is 2. The molecule has 0 radical (unpaired) electrons. The maximum atomic E-state index is 14.2. The number of fused-ring (bicyclic) bond motifs is 1. The third-order valence-electron chi connectivity index (χ3n) is 6.96. The number of rotatable bonds is 6. The van der Waals surface area contributed by atoms with Gasteiger partial charge in [-0.1, -0.05) is 109 Å². The first-order valence-electron chi connectivity index (χ1n) is 12.5. The van der Waals surface area contributed by atoms with Crippen LogP contribution in [0.3, 0.4) is 0 Å². The molecule has 6 aromatic rings. The first-order valence-corrected chi connectivity index (χ1v) is 12.5. The second-order valence-electron chi connectivity index (χ2n) is 9.40. The largest absolute Gasteiger partial charge is 0.286 e. The molecule has 38 heavy (non-hydrogen) atoms. The highest BCUT2D eigenvalue weighted by Gasteiger charge is 2.41. The second kappa shape index (κ2) is 9.34. The van der Waals surface area contributed by atoms with Crippen molar-refractivity contribution in [3.8, 4) is 11.3 Å². The molecule has 0 aliphatic carbocycles. The van der Waals surface area contributed by atoms with Crippen LogP contribution in [0.1, 0.15) is 29.3 Å². The Bertz CT molecular complexity index is 1590. The van der Waals surface area contributed by atoms with Crippen LogP contribution < -0.4 is 0 Å². The van der Waals surface area contributed by atoms with Crippen molar-refractivity contribution in [2.24, 2.45) is 0 Å². The molecule has 0 unspecified atom stereocenters. The molecule has 0 aliphatic rings. The predicted molar refractivity (Wildman–Crippen MR) is 147 cm³/mol. The standard InChI is InChI=1S/C33H25F2N3/c1-32(34,35)30-23-24(21-22-36-30)31-28-19-11-12-20-29(28)38(37-31)33(25-13-5-2-6-14-25,26-15-7-3-8-16-26)27-17-9-4-10-18-27/h2-23H,1H3. The van der Waals surface area contributed by atoms with Crippen molar-refractivity contribution in [2.75, 3.05) is 0 Å². The number of halogens is 2. The van der Waals surface area contributed by atoms with E-state index in [0.717, 1.165) is 34.5 Å². The van der Waals surface area contributed by atoms with Crippen molar-refractivity contribution in [3.63, 3.8) is 0 Å². The summed E-state index contributed by atoms with van der Waals surface area (Å²) in [5.74, 6) is -3.06. The Hall–Kier alpha value is -4.64. The highest BCUT2D eigenvalue weighted by Crippen LogP contribution is 2.44. The molecular weight excluding hydrogens is 476 g/mol. The van der Waals surface area contributed by atoms with E-state index >= 15 is 0 Å². The Kier molecular flexibility index (Phi) is 5.84. The Morgan fingerprint density at radius 1 is 0.632 bits per heavy atom. The molecular formula is C33H25F2N3. The summed E-state index contributed by atoms with van der Waals surface area (Å²) in [6, 6.07) is 42.0. The highest BCUT2D eigenvalue weighted by molar-refractivity contribution is 5.94. The molecule has 2 aromatic heterocycles. The molecule has 0 aliphatic heterocycles. The zero-order chi connectivity index (χ0) is 26.2.